The van der Waals surface area contributed by atoms with Crippen molar-refractivity contribution in [2.24, 2.45) is 0 Å². The van der Waals surface area contributed by atoms with Crippen LogP contribution < -0.4 is 10.2 Å². The lowest BCUT2D eigenvalue weighted by molar-refractivity contribution is -0.121. The second-order valence-corrected chi connectivity index (χ2v) is 7.30. The van der Waals surface area contributed by atoms with Crippen molar-refractivity contribution in [3.63, 3.8) is 0 Å². The Kier molecular flexibility index (Phi) is 5.70. The fraction of sp³-hybridized carbons (Fsp3) is 0.160. The van der Waals surface area contributed by atoms with E-state index in [1.807, 2.05) is 60.7 Å². The Morgan fingerprint density at radius 3 is 1.97 bits per heavy atom. The topological polar surface area (TPSA) is 66.5 Å². The van der Waals surface area contributed by atoms with E-state index in [2.05, 4.69) is 5.32 Å². The summed E-state index contributed by atoms with van der Waals surface area (Å²) in [4.78, 5) is 37.9. The number of hydrogen-bond donors (Lipinski definition) is 1. The lowest BCUT2D eigenvalue weighted by Gasteiger charge is -2.20. The maximum absolute atomic E-state index is 12.9. The molecule has 150 valence electrons. The molecule has 1 heterocycles. The molecule has 3 aromatic carbocycles. The first-order chi connectivity index (χ1) is 14.6. The first kappa shape index (κ1) is 19.6. The summed E-state index contributed by atoms with van der Waals surface area (Å²) in [5, 5.41) is 3.12. The van der Waals surface area contributed by atoms with Crippen molar-refractivity contribution in [3.8, 4) is 0 Å². The number of nitrogens with one attached hydrogen (secondary N) is 1. The quantitative estimate of drug-likeness (QED) is 0.637. The lowest BCUT2D eigenvalue weighted by Crippen LogP contribution is -2.30. The zero-order chi connectivity index (χ0) is 20.9. The normalized spacial score (nSPS) is 14.6. The summed E-state index contributed by atoms with van der Waals surface area (Å²) in [5.41, 5.74) is 3.14. The fourth-order valence-corrected chi connectivity index (χ4v) is 3.66. The monoisotopic (exact) mass is 398 g/mol. The van der Waals surface area contributed by atoms with E-state index in [-0.39, 0.29) is 36.6 Å². The van der Waals surface area contributed by atoms with Crippen LogP contribution in [0, 0.1) is 0 Å². The molecule has 5 nitrogen and oxygen atoms in total. The SMILES string of the molecule is O=C(N[C@@H](Cc1ccccc1)c1ccccc1)c1ccc(N2C(=O)CCC2=O)cc1. The predicted octanol–water partition coefficient (Wildman–Crippen LogP) is 4.05. The molecular formula is C25H22N2O3. The summed E-state index contributed by atoms with van der Waals surface area (Å²) in [6, 6.07) is 26.3. The predicted molar refractivity (Wildman–Crippen MR) is 115 cm³/mol. The molecule has 0 unspecified atom stereocenters. The van der Waals surface area contributed by atoms with Crippen LogP contribution in [-0.4, -0.2) is 17.7 Å². The Bertz CT molecular complexity index is 1030. The van der Waals surface area contributed by atoms with E-state index < -0.39 is 0 Å². The third kappa shape index (κ3) is 4.30. The van der Waals surface area contributed by atoms with E-state index in [0.29, 0.717) is 17.7 Å². The molecule has 1 saturated heterocycles. The van der Waals surface area contributed by atoms with Crippen molar-refractivity contribution >= 4 is 23.4 Å². The molecule has 3 amide bonds. The molecule has 1 atom stereocenters. The van der Waals surface area contributed by atoms with Gasteiger partial charge in [-0.25, -0.2) is 0 Å². The minimum Gasteiger partial charge on any atom is -0.345 e. The van der Waals surface area contributed by atoms with Gasteiger partial charge in [0.25, 0.3) is 5.91 Å². The van der Waals surface area contributed by atoms with E-state index in [4.69, 9.17) is 0 Å². The van der Waals surface area contributed by atoms with Gasteiger partial charge in [-0.15, -0.1) is 0 Å². The van der Waals surface area contributed by atoms with E-state index in [1.165, 1.54) is 4.90 Å². The van der Waals surface area contributed by atoms with Crippen LogP contribution in [0.15, 0.2) is 84.9 Å². The fourth-order valence-electron chi connectivity index (χ4n) is 3.66. The average Bonchev–Trinajstić information content (AvgIpc) is 3.12. The second-order valence-electron chi connectivity index (χ2n) is 7.30. The van der Waals surface area contributed by atoms with Crippen LogP contribution in [0.5, 0.6) is 0 Å². The molecule has 1 fully saturated rings. The van der Waals surface area contributed by atoms with Crippen molar-refractivity contribution in [1.29, 1.82) is 0 Å². The van der Waals surface area contributed by atoms with E-state index in [0.717, 1.165) is 11.1 Å². The van der Waals surface area contributed by atoms with Gasteiger partial charge < -0.3 is 5.32 Å². The summed E-state index contributed by atoms with van der Waals surface area (Å²) in [6.07, 6.45) is 1.14. The summed E-state index contributed by atoms with van der Waals surface area (Å²) < 4.78 is 0. The number of anilines is 1. The van der Waals surface area contributed by atoms with E-state index in [9.17, 15) is 14.4 Å². The minimum atomic E-state index is -0.204. The number of nitrogens with zero attached hydrogens (tertiary/aromatic N) is 1. The van der Waals surface area contributed by atoms with Gasteiger partial charge in [0.15, 0.2) is 0 Å². The van der Waals surface area contributed by atoms with Crippen molar-refractivity contribution in [3.05, 3.63) is 102 Å². The van der Waals surface area contributed by atoms with E-state index in [1.54, 1.807) is 24.3 Å². The van der Waals surface area contributed by atoms with Crippen molar-refractivity contribution in [1.82, 2.24) is 5.32 Å². The molecule has 0 radical (unpaired) electrons. The third-order valence-corrected chi connectivity index (χ3v) is 5.23. The molecule has 0 aromatic heterocycles. The summed E-state index contributed by atoms with van der Waals surface area (Å²) >= 11 is 0. The van der Waals surface area contributed by atoms with Crippen molar-refractivity contribution < 1.29 is 14.4 Å². The Hall–Kier alpha value is -3.73. The first-order valence-corrected chi connectivity index (χ1v) is 9.97. The summed E-state index contributed by atoms with van der Waals surface area (Å²) in [7, 11) is 0. The van der Waals surface area contributed by atoms with Gasteiger partial charge >= 0.3 is 0 Å². The van der Waals surface area contributed by atoms with Gasteiger partial charge in [0.2, 0.25) is 11.8 Å². The van der Waals surface area contributed by atoms with Crippen molar-refractivity contribution in [2.75, 3.05) is 4.90 Å². The smallest absolute Gasteiger partial charge is 0.251 e. The van der Waals surface area contributed by atoms with Crippen LogP contribution >= 0.6 is 0 Å². The Balaban J connectivity index is 1.52. The number of rotatable bonds is 6. The van der Waals surface area contributed by atoms with Gasteiger partial charge in [0, 0.05) is 18.4 Å². The molecule has 0 spiro atoms. The van der Waals surface area contributed by atoms with Crippen LogP contribution in [0.3, 0.4) is 0 Å². The highest BCUT2D eigenvalue weighted by molar-refractivity contribution is 6.19. The van der Waals surface area contributed by atoms with Crippen LogP contribution in [0.25, 0.3) is 0 Å². The van der Waals surface area contributed by atoms with Crippen LogP contribution in [0.4, 0.5) is 5.69 Å². The maximum atomic E-state index is 12.9. The third-order valence-electron chi connectivity index (χ3n) is 5.23. The Labute approximate surface area is 175 Å². The highest BCUT2D eigenvalue weighted by Crippen LogP contribution is 2.24. The lowest BCUT2D eigenvalue weighted by atomic mass is 9.98. The van der Waals surface area contributed by atoms with Gasteiger partial charge in [0.1, 0.15) is 0 Å². The molecule has 5 heteroatoms. The second kappa shape index (κ2) is 8.74. The Morgan fingerprint density at radius 2 is 1.37 bits per heavy atom. The minimum absolute atomic E-state index is 0.178. The molecule has 1 N–H and O–H groups in total. The highest BCUT2D eigenvalue weighted by atomic mass is 16.2. The zero-order valence-electron chi connectivity index (χ0n) is 16.5. The zero-order valence-corrected chi connectivity index (χ0v) is 16.5. The van der Waals surface area contributed by atoms with Gasteiger partial charge in [-0.1, -0.05) is 60.7 Å². The molecule has 3 aromatic rings. The van der Waals surface area contributed by atoms with E-state index >= 15 is 0 Å². The molecule has 1 aliphatic rings. The number of imide groups is 1. The molecule has 0 bridgehead atoms. The molecule has 30 heavy (non-hydrogen) atoms. The van der Waals surface area contributed by atoms with Crippen LogP contribution in [0.1, 0.15) is 40.4 Å². The van der Waals surface area contributed by atoms with Crippen LogP contribution in [-0.2, 0) is 16.0 Å². The Morgan fingerprint density at radius 1 is 0.800 bits per heavy atom. The standard InChI is InChI=1S/C25H22N2O3/c28-23-15-16-24(29)27(23)21-13-11-20(12-14-21)25(30)26-22(19-9-5-2-6-10-19)17-18-7-3-1-4-8-18/h1-14,22H,15-17H2,(H,26,30)/t22-/m0/s1. The molecule has 1 aliphatic heterocycles. The van der Waals surface area contributed by atoms with Gasteiger partial charge in [-0.2, -0.15) is 0 Å². The molecule has 0 saturated carbocycles. The summed E-state index contributed by atoms with van der Waals surface area (Å²) in [6.45, 7) is 0. The van der Waals surface area contributed by atoms with Crippen molar-refractivity contribution in [2.45, 2.75) is 25.3 Å². The number of amides is 3. The number of benzene rings is 3. The molecular weight excluding hydrogens is 376 g/mol. The maximum Gasteiger partial charge on any atom is 0.251 e. The largest absolute Gasteiger partial charge is 0.345 e. The van der Waals surface area contributed by atoms with Crippen LogP contribution in [0.2, 0.25) is 0 Å². The number of hydrogen-bond acceptors (Lipinski definition) is 3. The number of carbonyl (C=O) groups is 3. The summed E-state index contributed by atoms with van der Waals surface area (Å²) in [5.74, 6) is -0.612. The van der Waals surface area contributed by atoms with Gasteiger partial charge in [-0.3, -0.25) is 19.3 Å². The van der Waals surface area contributed by atoms with Gasteiger partial charge in [0.05, 0.1) is 11.7 Å². The first-order valence-electron chi connectivity index (χ1n) is 9.97. The molecule has 0 aliphatic carbocycles. The molecule has 4 rings (SSSR count). The highest BCUT2D eigenvalue weighted by Gasteiger charge is 2.30. The number of carbonyl (C=O) groups excluding carboxylic acids is 3. The average molecular weight is 398 g/mol. The van der Waals surface area contributed by atoms with Gasteiger partial charge in [-0.05, 0) is 41.8 Å².